The van der Waals surface area contributed by atoms with Gasteiger partial charge in [0.25, 0.3) is 10.0 Å². The quantitative estimate of drug-likeness (QED) is 0.721. The van der Waals surface area contributed by atoms with Gasteiger partial charge >= 0.3 is 0 Å². The van der Waals surface area contributed by atoms with Crippen molar-refractivity contribution in [3.63, 3.8) is 0 Å². The third kappa shape index (κ3) is 3.51. The van der Waals surface area contributed by atoms with E-state index >= 15 is 0 Å². The van der Waals surface area contributed by atoms with Gasteiger partial charge in [-0.2, -0.15) is 0 Å². The van der Waals surface area contributed by atoms with Crippen molar-refractivity contribution in [2.45, 2.75) is 18.2 Å². The van der Waals surface area contributed by atoms with E-state index in [4.69, 9.17) is 4.74 Å². The zero-order chi connectivity index (χ0) is 17.0. The molecular weight excluding hydrogens is 322 g/mol. The molecule has 0 amide bonds. The van der Waals surface area contributed by atoms with Gasteiger partial charge in [-0.25, -0.2) is 8.42 Å². The highest BCUT2D eigenvalue weighted by Crippen LogP contribution is 2.27. The van der Waals surface area contributed by atoms with E-state index in [2.05, 4.69) is 4.72 Å². The van der Waals surface area contributed by atoms with Crippen LogP contribution in [0.15, 0.2) is 71.6 Å². The topological polar surface area (TPSA) is 55.4 Å². The molecule has 0 bridgehead atoms. The van der Waals surface area contributed by atoms with Gasteiger partial charge in [0.05, 0.1) is 17.2 Å². The maximum Gasteiger partial charge on any atom is 0.262 e. The number of hydrogen-bond donors (Lipinski definition) is 1. The second-order valence-corrected chi connectivity index (χ2v) is 7.14. The molecule has 0 atom stereocenters. The van der Waals surface area contributed by atoms with Crippen molar-refractivity contribution in [2.24, 2.45) is 0 Å². The highest BCUT2D eigenvalue weighted by Gasteiger charge is 2.16. The third-order valence-electron chi connectivity index (χ3n) is 3.62. The highest BCUT2D eigenvalue weighted by atomic mass is 32.2. The van der Waals surface area contributed by atoms with Crippen LogP contribution in [0, 0.1) is 0 Å². The molecule has 0 saturated heterocycles. The minimum absolute atomic E-state index is 0.228. The van der Waals surface area contributed by atoms with Crippen LogP contribution in [0.4, 0.5) is 5.69 Å². The van der Waals surface area contributed by atoms with Crippen LogP contribution in [-0.2, 0) is 10.0 Å². The van der Waals surface area contributed by atoms with Gasteiger partial charge < -0.3 is 4.74 Å². The van der Waals surface area contributed by atoms with Crippen LogP contribution in [0.25, 0.3) is 10.8 Å². The molecule has 3 aromatic rings. The molecule has 0 aromatic heterocycles. The van der Waals surface area contributed by atoms with Gasteiger partial charge in [0.2, 0.25) is 0 Å². The van der Waals surface area contributed by atoms with Crippen molar-refractivity contribution in [3.8, 4) is 5.75 Å². The van der Waals surface area contributed by atoms with Gasteiger partial charge in [-0.1, -0.05) is 49.4 Å². The first kappa shape index (κ1) is 16.3. The van der Waals surface area contributed by atoms with Crippen LogP contribution in [0.1, 0.15) is 13.3 Å². The Kier molecular flexibility index (Phi) is 4.71. The minimum Gasteiger partial charge on any atom is -0.491 e. The van der Waals surface area contributed by atoms with E-state index in [1.54, 1.807) is 30.3 Å². The lowest BCUT2D eigenvalue weighted by atomic mass is 10.1. The molecule has 1 N–H and O–H groups in total. The minimum atomic E-state index is -3.68. The van der Waals surface area contributed by atoms with E-state index in [0.29, 0.717) is 18.0 Å². The number of sulfonamides is 1. The number of para-hydroxylation sites is 2. The van der Waals surface area contributed by atoms with E-state index < -0.39 is 10.0 Å². The summed E-state index contributed by atoms with van der Waals surface area (Å²) in [4.78, 5) is 0.228. The van der Waals surface area contributed by atoms with E-state index in [0.717, 1.165) is 17.2 Å². The van der Waals surface area contributed by atoms with Gasteiger partial charge in [-0.15, -0.1) is 0 Å². The lowest BCUT2D eigenvalue weighted by molar-refractivity contribution is 0.319. The number of benzene rings is 3. The first-order chi connectivity index (χ1) is 11.6. The largest absolute Gasteiger partial charge is 0.491 e. The molecule has 4 nitrogen and oxygen atoms in total. The summed E-state index contributed by atoms with van der Waals surface area (Å²) >= 11 is 0. The number of ether oxygens (including phenoxy) is 1. The van der Waals surface area contributed by atoms with Crippen LogP contribution in [-0.4, -0.2) is 15.0 Å². The van der Waals surface area contributed by atoms with Crippen molar-refractivity contribution >= 4 is 26.5 Å². The fourth-order valence-electron chi connectivity index (χ4n) is 2.43. The molecule has 5 heteroatoms. The molecule has 0 heterocycles. The van der Waals surface area contributed by atoms with Gasteiger partial charge in [0.1, 0.15) is 5.75 Å². The maximum absolute atomic E-state index is 12.7. The molecule has 3 aromatic carbocycles. The molecule has 0 saturated carbocycles. The summed E-state index contributed by atoms with van der Waals surface area (Å²) in [7, 11) is -3.68. The van der Waals surface area contributed by atoms with Crippen LogP contribution in [0.2, 0.25) is 0 Å². The molecule has 0 fully saturated rings. The average Bonchev–Trinajstić information content (AvgIpc) is 2.60. The van der Waals surface area contributed by atoms with E-state index in [9.17, 15) is 8.42 Å². The van der Waals surface area contributed by atoms with Crippen molar-refractivity contribution in [1.82, 2.24) is 0 Å². The van der Waals surface area contributed by atoms with E-state index in [1.807, 2.05) is 43.3 Å². The van der Waals surface area contributed by atoms with Crippen LogP contribution in [0.3, 0.4) is 0 Å². The molecule has 124 valence electrons. The molecule has 24 heavy (non-hydrogen) atoms. The monoisotopic (exact) mass is 341 g/mol. The SMILES string of the molecule is CCCOc1ccccc1NS(=O)(=O)c1ccc2ccccc2c1. The van der Waals surface area contributed by atoms with Gasteiger partial charge in [0, 0.05) is 0 Å². The summed E-state index contributed by atoms with van der Waals surface area (Å²) in [6.07, 6.45) is 0.853. The molecule has 3 rings (SSSR count). The first-order valence-corrected chi connectivity index (χ1v) is 9.32. The second kappa shape index (κ2) is 6.93. The summed E-state index contributed by atoms with van der Waals surface area (Å²) in [5, 5.41) is 1.89. The van der Waals surface area contributed by atoms with Crippen LogP contribution in [0.5, 0.6) is 5.75 Å². The van der Waals surface area contributed by atoms with E-state index in [-0.39, 0.29) is 4.90 Å². The summed E-state index contributed by atoms with van der Waals surface area (Å²) in [6.45, 7) is 2.54. The Morgan fingerprint density at radius 1 is 0.917 bits per heavy atom. The van der Waals surface area contributed by atoms with Crippen LogP contribution >= 0.6 is 0 Å². The normalized spacial score (nSPS) is 11.4. The Hall–Kier alpha value is -2.53. The summed E-state index contributed by atoms with van der Waals surface area (Å²) in [5.74, 6) is 0.531. The Bertz CT molecular complexity index is 951. The van der Waals surface area contributed by atoms with Crippen LogP contribution < -0.4 is 9.46 Å². The lowest BCUT2D eigenvalue weighted by Gasteiger charge is -2.13. The maximum atomic E-state index is 12.7. The fourth-order valence-corrected chi connectivity index (χ4v) is 3.53. The Morgan fingerprint density at radius 3 is 2.42 bits per heavy atom. The van der Waals surface area contributed by atoms with Gasteiger partial charge in [-0.3, -0.25) is 4.72 Å². The van der Waals surface area contributed by atoms with Crippen molar-refractivity contribution in [2.75, 3.05) is 11.3 Å². The highest BCUT2D eigenvalue weighted by molar-refractivity contribution is 7.92. The lowest BCUT2D eigenvalue weighted by Crippen LogP contribution is -2.14. The number of rotatable bonds is 6. The predicted molar refractivity (Wildman–Crippen MR) is 97.0 cm³/mol. The predicted octanol–water partition coefficient (Wildman–Crippen LogP) is 4.43. The van der Waals surface area contributed by atoms with Crippen molar-refractivity contribution in [3.05, 3.63) is 66.7 Å². The van der Waals surface area contributed by atoms with Gasteiger partial charge in [-0.05, 0) is 41.5 Å². The number of fused-ring (bicyclic) bond motifs is 1. The van der Waals surface area contributed by atoms with Gasteiger partial charge in [0.15, 0.2) is 0 Å². The molecule has 0 unspecified atom stereocenters. The molecule has 0 aliphatic heterocycles. The van der Waals surface area contributed by atoms with Crippen molar-refractivity contribution < 1.29 is 13.2 Å². The average molecular weight is 341 g/mol. The molecule has 0 aliphatic rings. The smallest absolute Gasteiger partial charge is 0.262 e. The number of anilines is 1. The Labute approximate surface area is 142 Å². The molecule has 0 radical (unpaired) electrons. The standard InChI is InChI=1S/C19H19NO3S/c1-2-13-23-19-10-6-5-9-18(19)20-24(21,22)17-12-11-15-7-3-4-8-16(15)14-17/h3-12,14,20H,2,13H2,1H3. The first-order valence-electron chi connectivity index (χ1n) is 7.83. The Morgan fingerprint density at radius 2 is 1.62 bits per heavy atom. The summed E-state index contributed by atoms with van der Waals surface area (Å²) in [6, 6.07) is 19.8. The fraction of sp³-hybridized carbons (Fsp3) is 0.158. The number of hydrogen-bond acceptors (Lipinski definition) is 3. The molecular formula is C19H19NO3S. The zero-order valence-corrected chi connectivity index (χ0v) is 14.2. The summed E-state index contributed by atoms with van der Waals surface area (Å²) in [5.41, 5.74) is 0.444. The zero-order valence-electron chi connectivity index (χ0n) is 13.4. The number of nitrogens with one attached hydrogen (secondary N) is 1. The van der Waals surface area contributed by atoms with Crippen molar-refractivity contribution in [1.29, 1.82) is 0 Å². The van der Waals surface area contributed by atoms with E-state index in [1.165, 1.54) is 0 Å². The summed E-state index contributed by atoms with van der Waals surface area (Å²) < 4.78 is 33.6. The molecule has 0 spiro atoms. The second-order valence-electron chi connectivity index (χ2n) is 5.46. The Balaban J connectivity index is 1.93. The molecule has 0 aliphatic carbocycles. The third-order valence-corrected chi connectivity index (χ3v) is 4.99.